The summed E-state index contributed by atoms with van der Waals surface area (Å²) in [5.74, 6) is -1.27. The molecule has 114 valence electrons. The molecule has 0 radical (unpaired) electrons. The van der Waals surface area contributed by atoms with Crippen molar-refractivity contribution in [2.24, 2.45) is 11.7 Å². The van der Waals surface area contributed by atoms with E-state index in [2.05, 4.69) is 10.6 Å². The van der Waals surface area contributed by atoms with E-state index in [4.69, 9.17) is 10.8 Å². The number of primary amides is 1. The fourth-order valence-electron chi connectivity index (χ4n) is 2.38. The molecule has 0 bridgehead atoms. The Bertz CT molecular complexity index is 354. The topological polar surface area (TPSA) is 122 Å². The third-order valence-corrected chi connectivity index (χ3v) is 3.56. The van der Waals surface area contributed by atoms with Crippen molar-refractivity contribution in [1.82, 2.24) is 10.6 Å². The smallest absolute Gasteiger partial charge is 0.326 e. The van der Waals surface area contributed by atoms with Crippen molar-refractivity contribution in [2.75, 3.05) is 6.54 Å². The van der Waals surface area contributed by atoms with Crippen molar-refractivity contribution in [2.45, 2.75) is 51.0 Å². The van der Waals surface area contributed by atoms with Gasteiger partial charge in [0.05, 0.1) is 0 Å². The third-order valence-electron chi connectivity index (χ3n) is 3.56. The summed E-state index contributed by atoms with van der Waals surface area (Å²) in [4.78, 5) is 33.2. The van der Waals surface area contributed by atoms with E-state index in [0.29, 0.717) is 12.5 Å². The van der Waals surface area contributed by atoms with E-state index in [1.54, 1.807) is 0 Å². The molecule has 0 unspecified atom stereocenters. The quantitative estimate of drug-likeness (QED) is 0.546. The van der Waals surface area contributed by atoms with Gasteiger partial charge in [0.1, 0.15) is 6.04 Å². The summed E-state index contributed by atoms with van der Waals surface area (Å²) < 4.78 is 0. The second-order valence-corrected chi connectivity index (χ2v) is 5.25. The molecule has 1 saturated carbocycles. The van der Waals surface area contributed by atoms with Gasteiger partial charge in [0, 0.05) is 13.0 Å². The van der Waals surface area contributed by atoms with Gasteiger partial charge in [-0.2, -0.15) is 0 Å². The summed E-state index contributed by atoms with van der Waals surface area (Å²) in [6.07, 6.45) is 5.75. The molecule has 3 amide bonds. The third kappa shape index (κ3) is 6.40. The highest BCUT2D eigenvalue weighted by Gasteiger charge is 2.21. The van der Waals surface area contributed by atoms with Crippen molar-refractivity contribution in [3.8, 4) is 0 Å². The van der Waals surface area contributed by atoms with E-state index in [1.165, 1.54) is 19.3 Å². The lowest BCUT2D eigenvalue weighted by Gasteiger charge is -2.22. The molecule has 7 heteroatoms. The van der Waals surface area contributed by atoms with Gasteiger partial charge < -0.3 is 21.5 Å². The molecule has 0 aromatic rings. The molecule has 1 aliphatic rings. The molecule has 0 spiro atoms. The summed E-state index contributed by atoms with van der Waals surface area (Å²) in [7, 11) is 0. The SMILES string of the molecule is NC(=O)CC[C@@H](NC(=O)NCC1CCCCC1)C(=O)O. The summed E-state index contributed by atoms with van der Waals surface area (Å²) in [5.41, 5.74) is 4.97. The molecule has 0 heterocycles. The molecule has 7 nitrogen and oxygen atoms in total. The van der Waals surface area contributed by atoms with Crippen LogP contribution in [0.1, 0.15) is 44.9 Å². The number of hydrogen-bond acceptors (Lipinski definition) is 3. The van der Waals surface area contributed by atoms with Gasteiger partial charge in [0.25, 0.3) is 0 Å². The van der Waals surface area contributed by atoms with Crippen LogP contribution >= 0.6 is 0 Å². The number of nitrogens with two attached hydrogens (primary N) is 1. The van der Waals surface area contributed by atoms with Gasteiger partial charge in [-0.25, -0.2) is 9.59 Å². The first-order valence-corrected chi connectivity index (χ1v) is 7.04. The van der Waals surface area contributed by atoms with E-state index in [9.17, 15) is 14.4 Å². The van der Waals surface area contributed by atoms with E-state index in [0.717, 1.165) is 12.8 Å². The zero-order valence-electron chi connectivity index (χ0n) is 11.6. The van der Waals surface area contributed by atoms with Gasteiger partial charge in [-0.15, -0.1) is 0 Å². The highest BCUT2D eigenvalue weighted by atomic mass is 16.4. The van der Waals surface area contributed by atoms with Crippen LogP contribution in [0.4, 0.5) is 4.79 Å². The second kappa shape index (κ2) is 8.39. The Morgan fingerprint density at radius 2 is 1.85 bits per heavy atom. The number of aliphatic carboxylic acids is 1. The zero-order valence-corrected chi connectivity index (χ0v) is 11.6. The van der Waals surface area contributed by atoms with Gasteiger partial charge in [0.15, 0.2) is 0 Å². The number of amides is 3. The Hall–Kier alpha value is -1.79. The van der Waals surface area contributed by atoms with E-state index >= 15 is 0 Å². The fraction of sp³-hybridized carbons (Fsp3) is 0.769. The largest absolute Gasteiger partial charge is 0.480 e. The Kier molecular flexibility index (Phi) is 6.83. The van der Waals surface area contributed by atoms with Crippen molar-refractivity contribution < 1.29 is 19.5 Å². The van der Waals surface area contributed by atoms with Crippen LogP contribution in [-0.4, -0.2) is 35.6 Å². The zero-order chi connectivity index (χ0) is 15.0. The first kappa shape index (κ1) is 16.3. The lowest BCUT2D eigenvalue weighted by Crippen LogP contribution is -2.47. The number of urea groups is 1. The normalized spacial score (nSPS) is 17.2. The van der Waals surface area contributed by atoms with Crippen LogP contribution in [0.3, 0.4) is 0 Å². The van der Waals surface area contributed by atoms with Gasteiger partial charge >= 0.3 is 12.0 Å². The second-order valence-electron chi connectivity index (χ2n) is 5.25. The summed E-state index contributed by atoms with van der Waals surface area (Å²) in [6, 6.07) is -1.60. The van der Waals surface area contributed by atoms with Crippen molar-refractivity contribution in [3.05, 3.63) is 0 Å². The van der Waals surface area contributed by atoms with E-state index in [-0.39, 0.29) is 12.8 Å². The maximum Gasteiger partial charge on any atom is 0.326 e. The van der Waals surface area contributed by atoms with Crippen LogP contribution in [-0.2, 0) is 9.59 Å². The van der Waals surface area contributed by atoms with Crippen molar-refractivity contribution in [1.29, 1.82) is 0 Å². The van der Waals surface area contributed by atoms with Gasteiger partial charge in [0.2, 0.25) is 5.91 Å². The van der Waals surface area contributed by atoms with Crippen molar-refractivity contribution in [3.63, 3.8) is 0 Å². The number of carbonyl (C=O) groups is 3. The van der Waals surface area contributed by atoms with Gasteiger partial charge in [-0.05, 0) is 25.2 Å². The molecule has 20 heavy (non-hydrogen) atoms. The molecule has 0 saturated heterocycles. The highest BCUT2D eigenvalue weighted by Crippen LogP contribution is 2.22. The number of carboxylic acid groups (broad SMARTS) is 1. The summed E-state index contributed by atoms with van der Waals surface area (Å²) in [6.45, 7) is 0.563. The first-order chi connectivity index (χ1) is 9.49. The molecule has 0 aromatic carbocycles. The molecule has 5 N–H and O–H groups in total. The Morgan fingerprint density at radius 3 is 2.40 bits per heavy atom. The number of carboxylic acids is 1. The predicted molar refractivity (Wildman–Crippen MR) is 73.0 cm³/mol. The van der Waals surface area contributed by atoms with Crippen LogP contribution in [0.5, 0.6) is 0 Å². The maximum absolute atomic E-state index is 11.6. The molecule has 1 aliphatic carbocycles. The monoisotopic (exact) mass is 285 g/mol. The van der Waals surface area contributed by atoms with Gasteiger partial charge in [-0.3, -0.25) is 4.79 Å². The van der Waals surface area contributed by atoms with Crippen LogP contribution in [0.25, 0.3) is 0 Å². The van der Waals surface area contributed by atoms with Crippen LogP contribution in [0, 0.1) is 5.92 Å². The van der Waals surface area contributed by atoms with Crippen LogP contribution in [0.2, 0.25) is 0 Å². The highest BCUT2D eigenvalue weighted by molar-refractivity contribution is 5.83. The Labute approximate surface area is 118 Å². The van der Waals surface area contributed by atoms with E-state index < -0.39 is 23.9 Å². The molecular weight excluding hydrogens is 262 g/mol. The molecule has 1 rings (SSSR count). The lowest BCUT2D eigenvalue weighted by atomic mass is 9.89. The van der Waals surface area contributed by atoms with E-state index in [1.807, 2.05) is 0 Å². The number of rotatable bonds is 7. The van der Waals surface area contributed by atoms with Crippen molar-refractivity contribution >= 4 is 17.9 Å². The number of carbonyl (C=O) groups excluding carboxylic acids is 2. The average molecular weight is 285 g/mol. The van der Waals surface area contributed by atoms with Crippen LogP contribution in [0.15, 0.2) is 0 Å². The maximum atomic E-state index is 11.6. The Balaban J connectivity index is 2.29. The molecule has 1 atom stereocenters. The minimum absolute atomic E-state index is 0.00150. The number of nitrogens with one attached hydrogen (secondary N) is 2. The average Bonchev–Trinajstić information content (AvgIpc) is 2.41. The molecule has 1 fully saturated rings. The van der Waals surface area contributed by atoms with Crippen LogP contribution < -0.4 is 16.4 Å². The van der Waals surface area contributed by atoms with Gasteiger partial charge in [-0.1, -0.05) is 19.3 Å². The lowest BCUT2D eigenvalue weighted by molar-refractivity contribution is -0.139. The minimum Gasteiger partial charge on any atom is -0.480 e. The fourth-order valence-corrected chi connectivity index (χ4v) is 2.38. The molecule has 0 aromatic heterocycles. The minimum atomic E-state index is -1.17. The summed E-state index contributed by atoms with van der Waals surface area (Å²) in [5, 5.41) is 14.0. The summed E-state index contributed by atoms with van der Waals surface area (Å²) >= 11 is 0. The first-order valence-electron chi connectivity index (χ1n) is 7.04. The molecular formula is C13H23N3O4. The Morgan fingerprint density at radius 1 is 1.20 bits per heavy atom. The predicted octanol–water partition coefficient (Wildman–Crippen LogP) is 0.585. The standard InChI is InChI=1S/C13H23N3O4/c14-11(17)7-6-10(12(18)19)16-13(20)15-8-9-4-2-1-3-5-9/h9-10H,1-8H2,(H2,14,17)(H,18,19)(H2,15,16,20)/t10-/m1/s1. The molecule has 0 aliphatic heterocycles. The number of hydrogen-bond donors (Lipinski definition) is 4.